The molecule has 0 unspecified atom stereocenters. The fourth-order valence-corrected chi connectivity index (χ4v) is 2.50. The van der Waals surface area contributed by atoms with E-state index in [0.29, 0.717) is 6.04 Å². The van der Waals surface area contributed by atoms with Gasteiger partial charge in [-0.05, 0) is 25.0 Å². The lowest BCUT2D eigenvalue weighted by atomic mass is 10.3. The number of H-pyrrole nitrogens is 1. The number of hydrogen-bond donors (Lipinski definition) is 1. The molecule has 0 radical (unpaired) electrons. The zero-order chi connectivity index (χ0) is 11.7. The lowest BCUT2D eigenvalue weighted by molar-refractivity contribution is 0.455. The van der Waals surface area contributed by atoms with Gasteiger partial charge < -0.3 is 0 Å². The number of nitrogens with zero attached hydrogens (tertiary/aromatic N) is 2. The average molecular weight is 229 g/mol. The summed E-state index contributed by atoms with van der Waals surface area (Å²) in [5, 5.41) is 3.18. The zero-order valence-corrected chi connectivity index (χ0v) is 9.60. The molecular weight excluding hydrogens is 214 g/mol. The maximum atomic E-state index is 11.9. The van der Waals surface area contributed by atoms with Crippen molar-refractivity contribution in [1.29, 1.82) is 0 Å². The molecule has 2 aromatic rings. The van der Waals surface area contributed by atoms with E-state index in [2.05, 4.69) is 10.1 Å². The Kier molecular flexibility index (Phi) is 2.55. The molecule has 1 N–H and O–H groups in total. The number of pyridine rings is 1. The zero-order valence-electron chi connectivity index (χ0n) is 9.60. The van der Waals surface area contributed by atoms with Gasteiger partial charge in [0.1, 0.15) is 0 Å². The molecule has 2 aromatic heterocycles. The van der Waals surface area contributed by atoms with Crippen LogP contribution in [0.3, 0.4) is 0 Å². The topological polar surface area (TPSA) is 50.7 Å². The summed E-state index contributed by atoms with van der Waals surface area (Å²) in [4.78, 5) is 16.2. The van der Waals surface area contributed by atoms with Crippen molar-refractivity contribution in [3.8, 4) is 11.4 Å². The molecule has 1 fully saturated rings. The molecule has 4 nitrogen and oxygen atoms in total. The van der Waals surface area contributed by atoms with Crippen molar-refractivity contribution >= 4 is 0 Å². The first-order chi connectivity index (χ1) is 8.34. The van der Waals surface area contributed by atoms with Crippen molar-refractivity contribution in [2.24, 2.45) is 0 Å². The van der Waals surface area contributed by atoms with Crippen LogP contribution in [0.15, 0.2) is 35.3 Å². The first-order valence-electron chi connectivity index (χ1n) is 6.07. The standard InChI is InChI=1S/C13H15N3O/c17-13-9-12(11-7-3-4-8-14-11)15-16(13)10-5-1-2-6-10/h3-4,7-10,15H,1-2,5-6H2. The quantitative estimate of drug-likeness (QED) is 0.859. The van der Waals surface area contributed by atoms with Crippen LogP contribution in [0.4, 0.5) is 0 Å². The molecule has 17 heavy (non-hydrogen) atoms. The van der Waals surface area contributed by atoms with E-state index in [9.17, 15) is 4.79 Å². The molecule has 0 amide bonds. The second-order valence-electron chi connectivity index (χ2n) is 4.53. The highest BCUT2D eigenvalue weighted by molar-refractivity contribution is 5.52. The van der Waals surface area contributed by atoms with Crippen LogP contribution >= 0.6 is 0 Å². The molecule has 0 bridgehead atoms. The highest BCUT2D eigenvalue weighted by Gasteiger charge is 2.19. The third-order valence-electron chi connectivity index (χ3n) is 3.38. The highest BCUT2D eigenvalue weighted by atomic mass is 16.1. The summed E-state index contributed by atoms with van der Waals surface area (Å²) in [6, 6.07) is 7.69. The van der Waals surface area contributed by atoms with E-state index in [-0.39, 0.29) is 5.56 Å². The summed E-state index contributed by atoms with van der Waals surface area (Å²) >= 11 is 0. The minimum atomic E-state index is 0.0533. The van der Waals surface area contributed by atoms with Gasteiger partial charge in [0.25, 0.3) is 5.56 Å². The number of rotatable bonds is 2. The van der Waals surface area contributed by atoms with Crippen molar-refractivity contribution in [1.82, 2.24) is 14.8 Å². The van der Waals surface area contributed by atoms with Crippen LogP contribution < -0.4 is 5.56 Å². The third kappa shape index (κ3) is 1.90. The molecule has 0 aromatic carbocycles. The lowest BCUT2D eigenvalue weighted by Gasteiger charge is -2.09. The molecule has 0 aliphatic heterocycles. The van der Waals surface area contributed by atoms with Gasteiger partial charge in [0.2, 0.25) is 0 Å². The number of hydrogen-bond acceptors (Lipinski definition) is 2. The van der Waals surface area contributed by atoms with Gasteiger partial charge >= 0.3 is 0 Å². The molecule has 0 saturated heterocycles. The smallest absolute Gasteiger partial charge is 0.267 e. The van der Waals surface area contributed by atoms with Crippen molar-refractivity contribution in [2.75, 3.05) is 0 Å². The molecule has 1 aliphatic carbocycles. The fourth-order valence-electron chi connectivity index (χ4n) is 2.50. The van der Waals surface area contributed by atoms with Crippen molar-refractivity contribution in [3.05, 3.63) is 40.8 Å². The number of aromatic nitrogens is 3. The lowest BCUT2D eigenvalue weighted by Crippen LogP contribution is -2.19. The minimum absolute atomic E-state index is 0.0533. The molecule has 1 saturated carbocycles. The largest absolute Gasteiger partial charge is 0.293 e. The first kappa shape index (κ1) is 10.3. The predicted molar refractivity (Wildman–Crippen MR) is 65.8 cm³/mol. The number of aromatic amines is 1. The highest BCUT2D eigenvalue weighted by Crippen LogP contribution is 2.28. The van der Waals surface area contributed by atoms with E-state index in [1.807, 2.05) is 18.2 Å². The third-order valence-corrected chi connectivity index (χ3v) is 3.38. The maximum Gasteiger partial charge on any atom is 0.267 e. The van der Waals surface area contributed by atoms with E-state index in [4.69, 9.17) is 0 Å². The van der Waals surface area contributed by atoms with E-state index in [0.717, 1.165) is 24.2 Å². The predicted octanol–water partition coefficient (Wildman–Crippen LogP) is 2.35. The van der Waals surface area contributed by atoms with E-state index in [1.165, 1.54) is 12.8 Å². The Morgan fingerprint density at radius 1 is 1.29 bits per heavy atom. The molecule has 0 atom stereocenters. The summed E-state index contributed by atoms with van der Waals surface area (Å²) in [7, 11) is 0. The van der Waals surface area contributed by atoms with Crippen LogP contribution in [-0.2, 0) is 0 Å². The average Bonchev–Trinajstić information content (AvgIpc) is 2.99. The van der Waals surface area contributed by atoms with Gasteiger partial charge in [0.15, 0.2) is 0 Å². The Labute approximate surface area is 99.3 Å². The summed E-state index contributed by atoms with van der Waals surface area (Å²) < 4.78 is 1.76. The van der Waals surface area contributed by atoms with Gasteiger partial charge in [-0.15, -0.1) is 0 Å². The fraction of sp³-hybridized carbons (Fsp3) is 0.385. The van der Waals surface area contributed by atoms with E-state index in [1.54, 1.807) is 16.9 Å². The van der Waals surface area contributed by atoms with E-state index >= 15 is 0 Å². The monoisotopic (exact) mass is 229 g/mol. The molecule has 1 aliphatic rings. The Balaban J connectivity index is 1.98. The van der Waals surface area contributed by atoms with Crippen molar-refractivity contribution in [3.63, 3.8) is 0 Å². The second-order valence-corrected chi connectivity index (χ2v) is 4.53. The van der Waals surface area contributed by atoms with Crippen LogP contribution in [0.2, 0.25) is 0 Å². The van der Waals surface area contributed by atoms with Gasteiger partial charge in [-0.25, -0.2) is 4.68 Å². The van der Waals surface area contributed by atoms with Crippen LogP contribution in [0, 0.1) is 0 Å². The maximum absolute atomic E-state index is 11.9. The summed E-state index contributed by atoms with van der Waals surface area (Å²) in [6.45, 7) is 0. The Morgan fingerprint density at radius 3 is 2.82 bits per heavy atom. The van der Waals surface area contributed by atoms with Crippen molar-refractivity contribution < 1.29 is 0 Å². The molecule has 2 heterocycles. The molecule has 0 spiro atoms. The molecule has 88 valence electrons. The van der Waals surface area contributed by atoms with Crippen LogP contribution in [0.25, 0.3) is 11.4 Å². The SMILES string of the molecule is O=c1cc(-c2ccccn2)[nH]n1C1CCCC1. The van der Waals surface area contributed by atoms with Gasteiger partial charge in [-0.1, -0.05) is 18.9 Å². The summed E-state index contributed by atoms with van der Waals surface area (Å²) in [5.41, 5.74) is 1.68. The van der Waals surface area contributed by atoms with Crippen LogP contribution in [0.1, 0.15) is 31.7 Å². The number of nitrogens with one attached hydrogen (secondary N) is 1. The second kappa shape index (κ2) is 4.20. The van der Waals surface area contributed by atoms with Crippen molar-refractivity contribution in [2.45, 2.75) is 31.7 Å². The van der Waals surface area contributed by atoms with E-state index < -0.39 is 0 Å². The van der Waals surface area contributed by atoms with Gasteiger partial charge in [-0.2, -0.15) is 0 Å². The Hall–Kier alpha value is -1.84. The molecule has 4 heteroatoms. The summed E-state index contributed by atoms with van der Waals surface area (Å²) in [5.74, 6) is 0. The van der Waals surface area contributed by atoms with Crippen LogP contribution in [0.5, 0.6) is 0 Å². The first-order valence-corrected chi connectivity index (χ1v) is 6.07. The summed E-state index contributed by atoms with van der Waals surface area (Å²) in [6.07, 6.45) is 6.37. The van der Waals surface area contributed by atoms with Crippen LogP contribution in [-0.4, -0.2) is 14.8 Å². The van der Waals surface area contributed by atoms with Gasteiger partial charge in [0, 0.05) is 12.3 Å². The Bertz CT molecular complexity index is 550. The Morgan fingerprint density at radius 2 is 2.12 bits per heavy atom. The molecular formula is C13H15N3O. The van der Waals surface area contributed by atoms with Gasteiger partial charge in [0.05, 0.1) is 17.4 Å². The minimum Gasteiger partial charge on any atom is -0.293 e. The van der Waals surface area contributed by atoms with Gasteiger partial charge in [-0.3, -0.25) is 14.9 Å². The molecule has 3 rings (SSSR count). The normalized spacial score (nSPS) is 16.5.